The molecule has 2 aromatic rings. The van der Waals surface area contributed by atoms with E-state index in [1.165, 1.54) is 23.6 Å². The molecule has 0 aromatic heterocycles. The largest absolute Gasteiger partial charge is 0.300 e. The summed E-state index contributed by atoms with van der Waals surface area (Å²) in [6.45, 7) is 19.0. The third-order valence-electron chi connectivity index (χ3n) is 8.80. The van der Waals surface area contributed by atoms with Crippen LogP contribution in [0.1, 0.15) is 132 Å². The summed E-state index contributed by atoms with van der Waals surface area (Å²) < 4.78 is 0. The van der Waals surface area contributed by atoms with Crippen LogP contribution in [0.25, 0.3) is 11.1 Å². The lowest BCUT2D eigenvalue weighted by Crippen LogP contribution is -2.30. The zero-order valence-electron chi connectivity index (χ0n) is 25.9. The quantitative estimate of drug-likeness (QED) is 0.272. The average molecular weight is 531 g/mol. The second kappa shape index (κ2) is 12.7. The Balaban J connectivity index is 1.98. The fraction of sp³-hybridized carbons (Fsp3) is 0.583. The lowest BCUT2D eigenvalue weighted by molar-refractivity contribution is -0.129. The molecule has 2 aromatic carbocycles. The van der Waals surface area contributed by atoms with Gasteiger partial charge in [0, 0.05) is 17.9 Å². The van der Waals surface area contributed by atoms with Crippen LogP contribution in [0.15, 0.2) is 30.3 Å². The molecule has 3 unspecified atom stereocenters. The Hall–Kier alpha value is -2.55. The minimum Gasteiger partial charge on any atom is -0.300 e. The van der Waals surface area contributed by atoms with Gasteiger partial charge >= 0.3 is 0 Å². The number of carbonyl (C=O) groups is 3. The van der Waals surface area contributed by atoms with Gasteiger partial charge in [0.05, 0.1) is 6.42 Å². The van der Waals surface area contributed by atoms with E-state index in [2.05, 4.69) is 85.7 Å². The van der Waals surface area contributed by atoms with E-state index in [0.29, 0.717) is 12.3 Å². The van der Waals surface area contributed by atoms with Crippen LogP contribution in [-0.2, 0) is 21.4 Å². The summed E-state index contributed by atoms with van der Waals surface area (Å²) in [5.41, 5.74) is 8.24. The summed E-state index contributed by atoms with van der Waals surface area (Å²) in [5, 5.41) is 0. The molecule has 212 valence electrons. The minimum absolute atomic E-state index is 0.0291. The molecular weight excluding hydrogens is 480 g/mol. The summed E-state index contributed by atoms with van der Waals surface area (Å²) in [7, 11) is 0. The molecule has 3 atom stereocenters. The zero-order chi connectivity index (χ0) is 29.1. The van der Waals surface area contributed by atoms with Crippen molar-refractivity contribution in [2.24, 2.45) is 17.8 Å². The molecule has 1 aliphatic carbocycles. The summed E-state index contributed by atoms with van der Waals surface area (Å²) in [4.78, 5) is 38.4. The second-order valence-corrected chi connectivity index (χ2v) is 13.3. The van der Waals surface area contributed by atoms with Crippen LogP contribution in [0.2, 0.25) is 0 Å². The van der Waals surface area contributed by atoms with Crippen molar-refractivity contribution in [2.75, 3.05) is 0 Å². The molecule has 3 rings (SSSR count). The van der Waals surface area contributed by atoms with Crippen LogP contribution in [0.5, 0.6) is 0 Å². The number of fused-ring (bicyclic) bond motifs is 1. The maximum atomic E-state index is 13.8. The molecule has 0 bridgehead atoms. The average Bonchev–Trinajstić information content (AvgIpc) is 2.83. The number of hydrogen-bond acceptors (Lipinski definition) is 3. The van der Waals surface area contributed by atoms with Gasteiger partial charge in [-0.05, 0) is 89.7 Å². The number of carbonyl (C=O) groups excluding carboxylic acids is 3. The smallest absolute Gasteiger partial charge is 0.163 e. The highest BCUT2D eigenvalue weighted by molar-refractivity contribution is 6.02. The monoisotopic (exact) mass is 530 g/mol. The van der Waals surface area contributed by atoms with E-state index in [9.17, 15) is 14.4 Å². The molecule has 0 amide bonds. The molecule has 0 saturated carbocycles. The first-order chi connectivity index (χ1) is 18.3. The molecule has 0 radical (unpaired) electrons. The van der Waals surface area contributed by atoms with E-state index in [1.807, 2.05) is 0 Å². The maximum Gasteiger partial charge on any atom is 0.163 e. The molecule has 1 aliphatic rings. The number of Topliss-reactive ketones (excluding diaryl/α,β-unsaturated/α-hetero) is 3. The Morgan fingerprint density at radius 1 is 1.03 bits per heavy atom. The predicted octanol–water partition coefficient (Wildman–Crippen LogP) is 9.21. The summed E-state index contributed by atoms with van der Waals surface area (Å²) >= 11 is 0. The normalized spacial score (nSPS) is 17.2. The van der Waals surface area contributed by atoms with Gasteiger partial charge in [0.2, 0.25) is 0 Å². The number of ketones is 3. The third-order valence-corrected chi connectivity index (χ3v) is 8.80. The molecule has 3 heteroatoms. The molecule has 39 heavy (non-hydrogen) atoms. The van der Waals surface area contributed by atoms with Crippen molar-refractivity contribution >= 4 is 17.3 Å². The molecule has 0 aliphatic heterocycles. The number of hydrogen-bond donors (Lipinski definition) is 0. The fourth-order valence-corrected chi connectivity index (χ4v) is 6.79. The Kier molecular flexibility index (Phi) is 10.1. The Morgan fingerprint density at radius 2 is 1.67 bits per heavy atom. The SMILES string of the molecule is CCCC(CC1CC(=O)c2c(C)c(-c3ccc(C(C)(C)C)cc3)cc(C(C)C)c2C1)C(CC)C(=O)CC(C)=O. The van der Waals surface area contributed by atoms with Crippen LogP contribution >= 0.6 is 0 Å². The van der Waals surface area contributed by atoms with Gasteiger partial charge < -0.3 is 0 Å². The van der Waals surface area contributed by atoms with Gasteiger partial charge in [0.1, 0.15) is 11.6 Å². The van der Waals surface area contributed by atoms with Crippen LogP contribution in [0, 0.1) is 24.7 Å². The Morgan fingerprint density at radius 3 is 2.18 bits per heavy atom. The van der Waals surface area contributed by atoms with Crippen molar-refractivity contribution in [1.29, 1.82) is 0 Å². The summed E-state index contributed by atoms with van der Waals surface area (Å²) in [5.74, 6) is 0.917. The number of benzene rings is 2. The van der Waals surface area contributed by atoms with E-state index in [0.717, 1.165) is 54.4 Å². The van der Waals surface area contributed by atoms with Gasteiger partial charge in [0.15, 0.2) is 5.78 Å². The van der Waals surface area contributed by atoms with Crippen LogP contribution < -0.4 is 0 Å². The first-order valence-electron chi connectivity index (χ1n) is 15.1. The van der Waals surface area contributed by atoms with Crippen molar-refractivity contribution in [3.8, 4) is 11.1 Å². The van der Waals surface area contributed by atoms with Gasteiger partial charge in [-0.3, -0.25) is 14.4 Å². The molecule has 0 heterocycles. The lowest BCUT2D eigenvalue weighted by Gasteiger charge is -2.33. The molecule has 0 spiro atoms. The molecule has 3 nitrogen and oxygen atoms in total. The van der Waals surface area contributed by atoms with Crippen LogP contribution in [0.3, 0.4) is 0 Å². The van der Waals surface area contributed by atoms with Crippen molar-refractivity contribution in [1.82, 2.24) is 0 Å². The molecule has 0 fully saturated rings. The third kappa shape index (κ3) is 7.16. The van der Waals surface area contributed by atoms with E-state index < -0.39 is 0 Å². The zero-order valence-corrected chi connectivity index (χ0v) is 25.9. The van der Waals surface area contributed by atoms with Gasteiger partial charge in [-0.2, -0.15) is 0 Å². The van der Waals surface area contributed by atoms with E-state index >= 15 is 0 Å². The van der Waals surface area contributed by atoms with Gasteiger partial charge in [-0.25, -0.2) is 0 Å². The Bertz CT molecular complexity index is 1190. The van der Waals surface area contributed by atoms with E-state index in [-0.39, 0.29) is 46.9 Å². The van der Waals surface area contributed by atoms with Gasteiger partial charge in [0.25, 0.3) is 0 Å². The van der Waals surface area contributed by atoms with Crippen molar-refractivity contribution in [3.05, 3.63) is 58.1 Å². The van der Waals surface area contributed by atoms with E-state index in [1.54, 1.807) is 0 Å². The fourth-order valence-electron chi connectivity index (χ4n) is 6.79. The lowest BCUT2D eigenvalue weighted by atomic mass is 9.70. The maximum absolute atomic E-state index is 13.8. The summed E-state index contributed by atoms with van der Waals surface area (Å²) in [6.07, 6.45) is 5.03. The highest BCUT2D eigenvalue weighted by atomic mass is 16.1. The van der Waals surface area contributed by atoms with Crippen molar-refractivity contribution < 1.29 is 14.4 Å². The standard InChI is InChI=1S/C36H50O3/c1-10-12-27(29(11-2)33(38)17-23(5)37)18-25-19-32-30(22(3)4)21-31(24(6)35(32)34(39)20-25)26-13-15-28(16-14-26)36(7,8)9/h13-16,21-22,25,27,29H,10-12,17-20H2,1-9H3. The Labute approximate surface area is 237 Å². The highest BCUT2D eigenvalue weighted by Gasteiger charge is 2.35. The predicted molar refractivity (Wildman–Crippen MR) is 163 cm³/mol. The van der Waals surface area contributed by atoms with Crippen molar-refractivity contribution in [3.63, 3.8) is 0 Å². The van der Waals surface area contributed by atoms with Crippen LogP contribution in [-0.4, -0.2) is 17.3 Å². The topological polar surface area (TPSA) is 51.2 Å². The van der Waals surface area contributed by atoms with Crippen LogP contribution in [0.4, 0.5) is 0 Å². The second-order valence-electron chi connectivity index (χ2n) is 13.3. The molecule has 0 saturated heterocycles. The molecular formula is C36H50O3. The number of rotatable bonds is 11. The first-order valence-corrected chi connectivity index (χ1v) is 15.1. The molecule has 0 N–H and O–H groups in total. The first kappa shape index (κ1) is 31.0. The minimum atomic E-state index is -0.102. The summed E-state index contributed by atoms with van der Waals surface area (Å²) in [6, 6.07) is 11.2. The highest BCUT2D eigenvalue weighted by Crippen LogP contribution is 2.42. The van der Waals surface area contributed by atoms with E-state index in [4.69, 9.17) is 0 Å². The van der Waals surface area contributed by atoms with Gasteiger partial charge in [-0.1, -0.05) is 91.6 Å². The van der Waals surface area contributed by atoms with Crippen molar-refractivity contribution in [2.45, 2.75) is 119 Å². The van der Waals surface area contributed by atoms with Gasteiger partial charge in [-0.15, -0.1) is 0 Å².